The van der Waals surface area contributed by atoms with Gasteiger partial charge in [-0.3, -0.25) is 4.79 Å². The van der Waals surface area contributed by atoms with Crippen LogP contribution in [0.2, 0.25) is 0 Å². The quantitative estimate of drug-likeness (QED) is 0.767. The van der Waals surface area contributed by atoms with Gasteiger partial charge in [-0.05, 0) is 24.0 Å². The lowest BCUT2D eigenvalue weighted by Crippen LogP contribution is -2.30. The second-order valence-electron chi connectivity index (χ2n) is 3.77. The summed E-state index contributed by atoms with van der Waals surface area (Å²) in [6.07, 6.45) is 2.46. The molecule has 0 spiro atoms. The maximum atomic E-state index is 11.6. The van der Waals surface area contributed by atoms with Crippen molar-refractivity contribution >= 4 is 23.4 Å². The minimum Gasteiger partial charge on any atom is -0.399 e. The molecule has 1 amide bonds. The van der Waals surface area contributed by atoms with Crippen LogP contribution in [-0.4, -0.2) is 24.0 Å². The summed E-state index contributed by atoms with van der Waals surface area (Å²) in [5, 5.41) is 3.36. The van der Waals surface area contributed by atoms with E-state index in [4.69, 9.17) is 5.73 Å². The van der Waals surface area contributed by atoms with Gasteiger partial charge in [-0.2, -0.15) is 11.8 Å². The third kappa shape index (κ3) is 4.57. The molecule has 1 aromatic carbocycles. The summed E-state index contributed by atoms with van der Waals surface area (Å²) in [7, 11) is 0. The van der Waals surface area contributed by atoms with Gasteiger partial charge < -0.3 is 11.1 Å². The van der Waals surface area contributed by atoms with Gasteiger partial charge in [-0.15, -0.1) is 0 Å². The Morgan fingerprint density at radius 2 is 2.06 bits per heavy atom. The molecule has 16 heavy (non-hydrogen) atoms. The number of carbonyl (C=O) groups excluding carboxylic acids is 1. The lowest BCUT2D eigenvalue weighted by Gasteiger charge is -2.09. The number of thioether (sulfide) groups is 1. The largest absolute Gasteiger partial charge is 0.399 e. The fraction of sp³-hybridized carbons (Fsp3) is 0.417. The van der Waals surface area contributed by atoms with Crippen LogP contribution in [0.5, 0.6) is 0 Å². The van der Waals surface area contributed by atoms with Gasteiger partial charge in [0.05, 0.1) is 6.42 Å². The molecule has 0 radical (unpaired) electrons. The van der Waals surface area contributed by atoms with Crippen molar-refractivity contribution in [2.24, 2.45) is 0 Å². The minimum absolute atomic E-state index is 0.0608. The van der Waals surface area contributed by atoms with E-state index in [9.17, 15) is 4.79 Å². The Bertz CT molecular complexity index is 337. The van der Waals surface area contributed by atoms with Crippen molar-refractivity contribution in [2.75, 3.05) is 18.5 Å². The van der Waals surface area contributed by atoms with Crippen LogP contribution < -0.4 is 11.1 Å². The number of benzene rings is 1. The van der Waals surface area contributed by atoms with Gasteiger partial charge in [0.15, 0.2) is 0 Å². The van der Waals surface area contributed by atoms with E-state index in [1.807, 2.05) is 30.5 Å². The first-order valence-corrected chi connectivity index (χ1v) is 6.54. The van der Waals surface area contributed by atoms with E-state index in [-0.39, 0.29) is 5.91 Å². The molecule has 0 saturated heterocycles. The number of amides is 1. The molecule has 0 aliphatic heterocycles. The highest BCUT2D eigenvalue weighted by Gasteiger charge is 2.05. The summed E-state index contributed by atoms with van der Waals surface area (Å²) < 4.78 is 0. The second-order valence-corrected chi connectivity index (χ2v) is 5.04. The lowest BCUT2D eigenvalue weighted by atomic mass is 10.1. The van der Waals surface area contributed by atoms with E-state index >= 15 is 0 Å². The number of nitrogen functional groups attached to an aromatic ring is 1. The molecule has 1 atom stereocenters. The maximum Gasteiger partial charge on any atom is 0.224 e. The van der Waals surface area contributed by atoms with Gasteiger partial charge in [0.1, 0.15) is 0 Å². The van der Waals surface area contributed by atoms with Gasteiger partial charge in [0, 0.05) is 17.5 Å². The van der Waals surface area contributed by atoms with E-state index in [2.05, 4.69) is 12.2 Å². The van der Waals surface area contributed by atoms with Gasteiger partial charge >= 0.3 is 0 Å². The standard InChI is InChI=1S/C12H18N2OS/c1-9(16-2)8-14-12(15)7-10-3-5-11(13)6-4-10/h3-6,9H,7-8,13H2,1-2H3,(H,14,15). The number of hydrogen-bond donors (Lipinski definition) is 2. The summed E-state index contributed by atoms with van der Waals surface area (Å²) in [6.45, 7) is 2.81. The first-order valence-electron chi connectivity index (χ1n) is 5.25. The molecule has 0 aromatic heterocycles. The number of nitrogens with one attached hydrogen (secondary N) is 1. The average molecular weight is 238 g/mol. The zero-order valence-corrected chi connectivity index (χ0v) is 10.5. The molecule has 0 saturated carbocycles. The van der Waals surface area contributed by atoms with E-state index in [1.165, 1.54) is 0 Å². The van der Waals surface area contributed by atoms with Crippen molar-refractivity contribution in [3.05, 3.63) is 29.8 Å². The highest BCUT2D eigenvalue weighted by molar-refractivity contribution is 7.99. The van der Waals surface area contributed by atoms with Gasteiger partial charge in [0.2, 0.25) is 5.91 Å². The first kappa shape index (κ1) is 12.9. The van der Waals surface area contributed by atoms with Gasteiger partial charge in [-0.25, -0.2) is 0 Å². The monoisotopic (exact) mass is 238 g/mol. The molecule has 0 heterocycles. The van der Waals surface area contributed by atoms with Crippen LogP contribution in [-0.2, 0) is 11.2 Å². The summed E-state index contributed by atoms with van der Waals surface area (Å²) in [4.78, 5) is 11.6. The van der Waals surface area contributed by atoms with Crippen molar-refractivity contribution in [1.29, 1.82) is 0 Å². The number of carbonyl (C=O) groups is 1. The van der Waals surface area contributed by atoms with Crippen LogP contribution in [0.3, 0.4) is 0 Å². The predicted molar refractivity (Wildman–Crippen MR) is 70.5 cm³/mol. The van der Waals surface area contributed by atoms with Crippen LogP contribution in [0, 0.1) is 0 Å². The summed E-state index contributed by atoms with van der Waals surface area (Å²) in [6, 6.07) is 7.39. The van der Waals surface area contributed by atoms with Crippen LogP contribution in [0.15, 0.2) is 24.3 Å². The second kappa shape index (κ2) is 6.43. The van der Waals surface area contributed by atoms with E-state index < -0.39 is 0 Å². The Labute approximate surface area is 101 Å². The molecular weight excluding hydrogens is 220 g/mol. The van der Waals surface area contributed by atoms with E-state index in [0.29, 0.717) is 11.7 Å². The van der Waals surface area contributed by atoms with Crippen molar-refractivity contribution in [3.63, 3.8) is 0 Å². The van der Waals surface area contributed by atoms with Gasteiger partial charge in [-0.1, -0.05) is 19.1 Å². The highest BCUT2D eigenvalue weighted by atomic mass is 32.2. The molecule has 1 rings (SSSR count). The third-order valence-corrected chi connectivity index (χ3v) is 3.30. The Morgan fingerprint density at radius 3 is 2.62 bits per heavy atom. The van der Waals surface area contributed by atoms with Crippen LogP contribution in [0.25, 0.3) is 0 Å². The van der Waals surface area contributed by atoms with Crippen LogP contribution in [0.1, 0.15) is 12.5 Å². The average Bonchev–Trinajstić information content (AvgIpc) is 2.29. The van der Waals surface area contributed by atoms with Gasteiger partial charge in [0.25, 0.3) is 0 Å². The third-order valence-electron chi connectivity index (χ3n) is 2.33. The first-order chi connectivity index (χ1) is 7.61. The molecule has 88 valence electrons. The summed E-state index contributed by atoms with van der Waals surface area (Å²) in [5.74, 6) is 0.0608. The van der Waals surface area contributed by atoms with Crippen molar-refractivity contribution < 1.29 is 4.79 Å². The predicted octanol–water partition coefficient (Wildman–Crippen LogP) is 1.68. The van der Waals surface area contributed by atoms with Crippen LogP contribution >= 0.6 is 11.8 Å². The summed E-state index contributed by atoms with van der Waals surface area (Å²) >= 11 is 1.74. The molecule has 4 heteroatoms. The molecule has 0 bridgehead atoms. The SMILES string of the molecule is CSC(C)CNC(=O)Cc1ccc(N)cc1. The topological polar surface area (TPSA) is 55.1 Å². The smallest absolute Gasteiger partial charge is 0.224 e. The zero-order chi connectivity index (χ0) is 12.0. The molecule has 1 aromatic rings. The van der Waals surface area contributed by atoms with Crippen LogP contribution in [0.4, 0.5) is 5.69 Å². The zero-order valence-electron chi connectivity index (χ0n) is 9.69. The molecular formula is C12H18N2OS. The Balaban J connectivity index is 2.37. The Kier molecular flexibility index (Phi) is 5.19. The Hall–Kier alpha value is -1.16. The minimum atomic E-state index is 0.0608. The molecule has 0 fully saturated rings. The number of hydrogen-bond acceptors (Lipinski definition) is 3. The maximum absolute atomic E-state index is 11.6. The number of rotatable bonds is 5. The lowest BCUT2D eigenvalue weighted by molar-refractivity contribution is -0.120. The molecule has 0 aliphatic carbocycles. The fourth-order valence-corrected chi connectivity index (χ4v) is 1.47. The fourth-order valence-electron chi connectivity index (χ4n) is 1.22. The Morgan fingerprint density at radius 1 is 1.44 bits per heavy atom. The number of nitrogens with two attached hydrogens (primary N) is 1. The molecule has 3 N–H and O–H groups in total. The molecule has 3 nitrogen and oxygen atoms in total. The highest BCUT2D eigenvalue weighted by Crippen LogP contribution is 2.06. The molecule has 1 unspecified atom stereocenters. The summed E-state index contributed by atoms with van der Waals surface area (Å²) in [5.41, 5.74) is 7.28. The van der Waals surface area contributed by atoms with Crippen molar-refractivity contribution in [2.45, 2.75) is 18.6 Å². The van der Waals surface area contributed by atoms with E-state index in [0.717, 1.165) is 17.8 Å². The van der Waals surface area contributed by atoms with Crippen molar-refractivity contribution in [3.8, 4) is 0 Å². The van der Waals surface area contributed by atoms with E-state index in [1.54, 1.807) is 11.8 Å². The van der Waals surface area contributed by atoms with Crippen molar-refractivity contribution in [1.82, 2.24) is 5.32 Å². The number of anilines is 1. The molecule has 0 aliphatic rings. The normalized spacial score (nSPS) is 12.1.